The van der Waals surface area contributed by atoms with Crippen molar-refractivity contribution in [3.63, 3.8) is 0 Å². The minimum absolute atomic E-state index is 0.868. The number of rotatable bonds is 6. The van der Waals surface area contributed by atoms with E-state index in [0.29, 0.717) is 0 Å². The Kier molecular flexibility index (Phi) is 6.05. The summed E-state index contributed by atoms with van der Waals surface area (Å²) in [5, 5.41) is 0. The summed E-state index contributed by atoms with van der Waals surface area (Å²) in [5.74, 6) is 0. The summed E-state index contributed by atoms with van der Waals surface area (Å²) in [5.41, 5.74) is 0.868. The van der Waals surface area contributed by atoms with E-state index in [1.165, 1.54) is 38.6 Å². The highest BCUT2D eigenvalue weighted by Crippen LogP contribution is 2.37. The van der Waals surface area contributed by atoms with Crippen molar-refractivity contribution in [2.45, 2.75) is 64.2 Å². The second-order valence-electron chi connectivity index (χ2n) is 6.52. The van der Waals surface area contributed by atoms with Crippen LogP contribution in [0.3, 0.4) is 0 Å². The first-order chi connectivity index (χ1) is 8.42. The second kappa shape index (κ2) is 6.65. The van der Waals surface area contributed by atoms with Crippen LogP contribution < -0.4 is 9.96 Å². The molecule has 1 aliphatic rings. The van der Waals surface area contributed by atoms with Crippen LogP contribution in [0.1, 0.15) is 39.0 Å². The van der Waals surface area contributed by atoms with Crippen molar-refractivity contribution in [1.82, 2.24) is 14.2 Å². The van der Waals surface area contributed by atoms with Crippen molar-refractivity contribution >= 4 is 16.8 Å². The third kappa shape index (κ3) is 3.25. The van der Waals surface area contributed by atoms with E-state index in [1.54, 1.807) is 0 Å². The Morgan fingerprint density at radius 2 is 1.50 bits per heavy atom. The quantitative estimate of drug-likeness (QED) is 0.736. The molecule has 18 heavy (non-hydrogen) atoms. The van der Waals surface area contributed by atoms with Crippen molar-refractivity contribution in [1.29, 1.82) is 0 Å². The van der Waals surface area contributed by atoms with Crippen LogP contribution in [0, 0.1) is 0 Å². The van der Waals surface area contributed by atoms with Crippen LogP contribution in [0.5, 0.6) is 0 Å². The molecule has 0 aromatic carbocycles. The topological polar surface area (TPSA) is 27.3 Å². The molecular weight excluding hydrogens is 254 g/mol. The van der Waals surface area contributed by atoms with Gasteiger partial charge in [0, 0.05) is 0 Å². The molecule has 5 heteroatoms. The van der Waals surface area contributed by atoms with E-state index in [4.69, 9.17) is 0 Å². The summed E-state index contributed by atoms with van der Waals surface area (Å²) in [7, 11) is 1.37. The van der Waals surface area contributed by atoms with E-state index in [1.807, 2.05) is 0 Å². The lowest BCUT2D eigenvalue weighted by Gasteiger charge is -2.52. The lowest BCUT2D eigenvalue weighted by Crippen LogP contribution is -2.78. The Hall–Kier alpha value is 0.314. The largest absolute Gasteiger partial charge is 0.321 e. The zero-order valence-corrected chi connectivity index (χ0v) is 15.3. The molecule has 0 heterocycles. The normalized spacial score (nSPS) is 19.5. The predicted molar refractivity (Wildman–Crippen MR) is 86.4 cm³/mol. The molecule has 0 amide bonds. The van der Waals surface area contributed by atoms with Crippen molar-refractivity contribution in [3.8, 4) is 0 Å². The van der Waals surface area contributed by atoms with Gasteiger partial charge in [0.1, 0.15) is 8.24 Å². The summed E-state index contributed by atoms with van der Waals surface area (Å²) in [4.78, 5) is 7.56. The van der Waals surface area contributed by atoms with Gasteiger partial charge in [-0.2, -0.15) is 0 Å². The fraction of sp³-hybridized carbons (Fsp3) is 1.00. The molecule has 1 saturated carbocycles. The zero-order valence-electron chi connectivity index (χ0n) is 13.3. The molecule has 0 aromatic heterocycles. The van der Waals surface area contributed by atoms with Gasteiger partial charge in [-0.15, -0.1) is 0 Å². The highest BCUT2D eigenvalue weighted by molar-refractivity contribution is 6.89. The molecule has 0 unspecified atom stereocenters. The molecule has 2 N–H and O–H groups in total. The van der Waals surface area contributed by atoms with E-state index in [0.717, 1.165) is 5.54 Å². The SMILES string of the molecule is CCN([Si](C)(C)C)[Si](NC)(NC)C1CCCCC1. The first-order valence-corrected chi connectivity index (χ1v) is 13.0. The summed E-state index contributed by atoms with van der Waals surface area (Å²) in [6.07, 6.45) is 7.11. The lowest BCUT2D eigenvalue weighted by atomic mass is 10.0. The van der Waals surface area contributed by atoms with Gasteiger partial charge in [-0.1, -0.05) is 45.8 Å². The Bertz CT molecular complexity index is 243. The van der Waals surface area contributed by atoms with Gasteiger partial charge >= 0.3 is 0 Å². The van der Waals surface area contributed by atoms with Crippen molar-refractivity contribution < 1.29 is 0 Å². The number of nitrogens with one attached hydrogen (secondary N) is 2. The Labute approximate surface area is 116 Å². The highest BCUT2D eigenvalue weighted by atomic mass is 28.4. The smallest absolute Gasteiger partial charge is 0.280 e. The van der Waals surface area contributed by atoms with Gasteiger partial charge in [0.15, 0.2) is 0 Å². The van der Waals surface area contributed by atoms with Gasteiger partial charge in [0.25, 0.3) is 8.56 Å². The molecule has 108 valence electrons. The molecule has 0 saturated heterocycles. The Morgan fingerprint density at radius 3 is 1.83 bits per heavy atom. The molecule has 1 aliphatic carbocycles. The van der Waals surface area contributed by atoms with Crippen LogP contribution in [0.4, 0.5) is 0 Å². The summed E-state index contributed by atoms with van der Waals surface area (Å²) < 4.78 is 2.86. The van der Waals surface area contributed by atoms with Crippen LogP contribution in [0.25, 0.3) is 0 Å². The number of nitrogens with zero attached hydrogens (tertiary/aromatic N) is 1. The number of hydrogen-bond donors (Lipinski definition) is 2. The molecule has 0 aromatic rings. The minimum Gasteiger partial charge on any atom is -0.321 e. The first kappa shape index (κ1) is 16.4. The molecule has 0 bridgehead atoms. The average Bonchev–Trinajstić information content (AvgIpc) is 2.35. The van der Waals surface area contributed by atoms with Gasteiger partial charge < -0.3 is 14.2 Å². The van der Waals surface area contributed by atoms with Crippen LogP contribution in [-0.4, -0.2) is 41.7 Å². The third-order valence-corrected chi connectivity index (χ3v) is 14.0. The van der Waals surface area contributed by atoms with Gasteiger partial charge in [-0.25, -0.2) is 0 Å². The minimum atomic E-state index is -1.71. The van der Waals surface area contributed by atoms with Crippen LogP contribution in [0.2, 0.25) is 25.2 Å². The van der Waals surface area contributed by atoms with Gasteiger partial charge in [-0.3, -0.25) is 0 Å². The molecule has 1 fully saturated rings. The average molecular weight is 288 g/mol. The Balaban J connectivity index is 3.03. The monoisotopic (exact) mass is 287 g/mol. The standard InChI is InChI=1S/C13H33N3Si2/c1-7-16(17(4,5)6)18(14-2,15-3)13-11-9-8-10-12-13/h13-15H,7-12H2,1-6H3. The molecular formula is C13H33N3Si2. The molecule has 0 spiro atoms. The van der Waals surface area contributed by atoms with Crippen LogP contribution in [-0.2, 0) is 0 Å². The van der Waals surface area contributed by atoms with Crippen molar-refractivity contribution in [3.05, 3.63) is 0 Å². The van der Waals surface area contributed by atoms with Gasteiger partial charge in [-0.05, 0) is 39.0 Å². The van der Waals surface area contributed by atoms with Crippen LogP contribution >= 0.6 is 0 Å². The third-order valence-electron chi connectivity index (χ3n) is 4.51. The molecule has 0 aliphatic heterocycles. The molecule has 3 nitrogen and oxygen atoms in total. The second-order valence-corrected chi connectivity index (χ2v) is 15.7. The van der Waals surface area contributed by atoms with E-state index in [-0.39, 0.29) is 0 Å². The zero-order chi connectivity index (χ0) is 13.8. The predicted octanol–water partition coefficient (Wildman–Crippen LogP) is 2.86. The fourth-order valence-electron chi connectivity index (χ4n) is 3.80. The van der Waals surface area contributed by atoms with Crippen molar-refractivity contribution in [2.24, 2.45) is 0 Å². The summed E-state index contributed by atoms with van der Waals surface area (Å²) >= 11 is 0. The molecule has 0 radical (unpaired) electrons. The summed E-state index contributed by atoms with van der Waals surface area (Å²) in [6, 6.07) is 0. The Morgan fingerprint density at radius 1 is 1.00 bits per heavy atom. The highest BCUT2D eigenvalue weighted by Gasteiger charge is 2.49. The molecule has 1 rings (SSSR count). The van der Waals surface area contributed by atoms with Crippen molar-refractivity contribution in [2.75, 3.05) is 20.6 Å². The maximum Gasteiger partial charge on any atom is 0.280 e. The number of hydrogen-bond acceptors (Lipinski definition) is 3. The maximum absolute atomic E-state index is 3.78. The fourth-order valence-corrected chi connectivity index (χ4v) is 14.0. The van der Waals surface area contributed by atoms with E-state index >= 15 is 0 Å². The molecule has 0 atom stereocenters. The van der Waals surface area contributed by atoms with Gasteiger partial charge in [0.05, 0.1) is 0 Å². The van der Waals surface area contributed by atoms with Crippen LogP contribution in [0.15, 0.2) is 0 Å². The van der Waals surface area contributed by atoms with E-state index in [9.17, 15) is 0 Å². The maximum atomic E-state index is 3.78. The summed E-state index contributed by atoms with van der Waals surface area (Å²) in [6.45, 7) is 11.0. The lowest BCUT2D eigenvalue weighted by molar-refractivity contribution is 0.448. The first-order valence-electron chi connectivity index (χ1n) is 7.58. The van der Waals surface area contributed by atoms with E-state index in [2.05, 4.69) is 54.9 Å². The van der Waals surface area contributed by atoms with E-state index < -0.39 is 16.8 Å². The van der Waals surface area contributed by atoms with Gasteiger partial charge in [0.2, 0.25) is 0 Å².